The number of aromatic nitrogens is 2. The number of rotatable bonds is 4. The van der Waals surface area contributed by atoms with Gasteiger partial charge in [0.2, 0.25) is 0 Å². The molecule has 6 nitrogen and oxygen atoms in total. The minimum absolute atomic E-state index is 0.274. The van der Waals surface area contributed by atoms with Gasteiger partial charge in [-0.25, -0.2) is 14.2 Å². The summed E-state index contributed by atoms with van der Waals surface area (Å²) in [5.74, 6) is 0.582. The molecule has 2 heterocycles. The topological polar surface area (TPSA) is 72.5 Å². The fraction of sp³-hybridized carbons (Fsp3) is 0.429. The minimum atomic E-state index is -0.844. The van der Waals surface area contributed by atoms with Crippen LogP contribution in [0.1, 0.15) is 0 Å². The maximum atomic E-state index is 13.1. The van der Waals surface area contributed by atoms with Crippen LogP contribution in [-0.4, -0.2) is 69.4 Å². The normalized spacial score (nSPS) is 16.3. The van der Waals surface area contributed by atoms with Crippen LogP contribution in [0.4, 0.5) is 9.18 Å². The Labute approximate surface area is 131 Å². The van der Waals surface area contributed by atoms with E-state index in [-0.39, 0.29) is 5.82 Å². The molecule has 1 aromatic carbocycles. The Kier molecular flexibility index (Phi) is 4.49. The van der Waals surface area contributed by atoms with Gasteiger partial charge in [-0.05, 0) is 18.2 Å². The highest BCUT2D eigenvalue weighted by Crippen LogP contribution is 2.20. The second-order valence-electron chi connectivity index (χ2n) is 5.16. The van der Waals surface area contributed by atoms with E-state index >= 15 is 0 Å². The van der Waals surface area contributed by atoms with Gasteiger partial charge in [0.15, 0.2) is 5.16 Å². The minimum Gasteiger partial charge on any atom is -0.465 e. The molecule has 1 aliphatic rings. The van der Waals surface area contributed by atoms with Gasteiger partial charge in [-0.1, -0.05) is 11.8 Å². The van der Waals surface area contributed by atoms with Crippen LogP contribution in [0.25, 0.3) is 11.0 Å². The third-order valence-corrected chi connectivity index (χ3v) is 4.56. The number of thioether (sulfide) groups is 1. The number of amides is 1. The number of aromatic amines is 1. The largest absolute Gasteiger partial charge is 0.465 e. The van der Waals surface area contributed by atoms with Crippen LogP contribution < -0.4 is 0 Å². The van der Waals surface area contributed by atoms with E-state index in [1.54, 1.807) is 17.8 Å². The molecule has 8 heteroatoms. The highest BCUT2D eigenvalue weighted by Gasteiger charge is 2.19. The SMILES string of the molecule is O=C(O)N1CCN(CCSc2nc3ccc(F)cc3[nH]2)CC1. The first-order valence-electron chi connectivity index (χ1n) is 7.10. The Hall–Kier alpha value is -1.80. The number of piperazine rings is 1. The average Bonchev–Trinajstić information content (AvgIpc) is 2.89. The fourth-order valence-electron chi connectivity index (χ4n) is 2.46. The van der Waals surface area contributed by atoms with E-state index in [2.05, 4.69) is 14.9 Å². The van der Waals surface area contributed by atoms with E-state index in [1.165, 1.54) is 17.0 Å². The number of nitrogens with one attached hydrogen (secondary N) is 1. The number of hydrogen-bond acceptors (Lipinski definition) is 4. The van der Waals surface area contributed by atoms with E-state index in [1.807, 2.05) is 0 Å². The van der Waals surface area contributed by atoms with Crippen LogP contribution in [0.3, 0.4) is 0 Å². The molecule has 2 N–H and O–H groups in total. The van der Waals surface area contributed by atoms with Gasteiger partial charge in [-0.15, -0.1) is 0 Å². The predicted molar refractivity (Wildman–Crippen MR) is 82.8 cm³/mol. The monoisotopic (exact) mass is 324 g/mol. The highest BCUT2D eigenvalue weighted by atomic mass is 32.2. The van der Waals surface area contributed by atoms with Crippen LogP contribution >= 0.6 is 11.8 Å². The summed E-state index contributed by atoms with van der Waals surface area (Å²) in [5, 5.41) is 9.68. The molecule has 3 rings (SSSR count). The third-order valence-electron chi connectivity index (χ3n) is 3.71. The molecular formula is C14H17FN4O2S. The summed E-state index contributed by atoms with van der Waals surface area (Å²) < 4.78 is 13.1. The van der Waals surface area contributed by atoms with Crippen molar-refractivity contribution in [3.63, 3.8) is 0 Å². The molecule has 2 aromatic rings. The first-order valence-corrected chi connectivity index (χ1v) is 8.09. The van der Waals surface area contributed by atoms with Crippen LogP contribution in [0.5, 0.6) is 0 Å². The number of carbonyl (C=O) groups is 1. The van der Waals surface area contributed by atoms with Gasteiger partial charge >= 0.3 is 6.09 Å². The van der Waals surface area contributed by atoms with Gasteiger partial charge in [0.25, 0.3) is 0 Å². The van der Waals surface area contributed by atoms with E-state index in [0.717, 1.165) is 36.1 Å². The fourth-order valence-corrected chi connectivity index (χ4v) is 3.35. The zero-order valence-corrected chi connectivity index (χ0v) is 12.8. The van der Waals surface area contributed by atoms with Crippen molar-refractivity contribution in [1.29, 1.82) is 0 Å². The molecule has 1 amide bonds. The van der Waals surface area contributed by atoms with Gasteiger partial charge in [-0.2, -0.15) is 0 Å². The number of H-pyrrole nitrogens is 1. The lowest BCUT2D eigenvalue weighted by Gasteiger charge is -2.32. The molecule has 0 unspecified atom stereocenters. The van der Waals surface area contributed by atoms with Crippen molar-refractivity contribution in [2.45, 2.75) is 5.16 Å². The number of halogens is 1. The van der Waals surface area contributed by atoms with Crippen molar-refractivity contribution in [2.75, 3.05) is 38.5 Å². The van der Waals surface area contributed by atoms with E-state index in [0.29, 0.717) is 18.6 Å². The number of benzene rings is 1. The molecule has 1 saturated heterocycles. The predicted octanol–water partition coefficient (Wildman–Crippen LogP) is 2.09. The number of imidazole rings is 1. The van der Waals surface area contributed by atoms with E-state index < -0.39 is 6.09 Å². The van der Waals surface area contributed by atoms with Crippen molar-refractivity contribution in [2.24, 2.45) is 0 Å². The molecule has 0 spiro atoms. The number of carboxylic acid groups (broad SMARTS) is 1. The Morgan fingerprint density at radius 3 is 2.86 bits per heavy atom. The number of fused-ring (bicyclic) bond motifs is 1. The van der Waals surface area contributed by atoms with Crippen LogP contribution in [0, 0.1) is 5.82 Å². The summed E-state index contributed by atoms with van der Waals surface area (Å²) in [7, 11) is 0. The Balaban J connectivity index is 1.47. The van der Waals surface area contributed by atoms with Crippen molar-refractivity contribution < 1.29 is 14.3 Å². The first-order chi connectivity index (χ1) is 10.6. The van der Waals surface area contributed by atoms with Crippen LogP contribution in [-0.2, 0) is 0 Å². The molecule has 0 bridgehead atoms. The second-order valence-corrected chi connectivity index (χ2v) is 6.25. The summed E-state index contributed by atoms with van der Waals surface area (Å²) in [6.07, 6.45) is -0.844. The highest BCUT2D eigenvalue weighted by molar-refractivity contribution is 7.99. The molecule has 0 atom stereocenters. The van der Waals surface area contributed by atoms with Crippen molar-refractivity contribution in [3.8, 4) is 0 Å². The average molecular weight is 324 g/mol. The number of nitrogens with zero attached hydrogens (tertiary/aromatic N) is 3. The van der Waals surface area contributed by atoms with Gasteiger partial charge in [-0.3, -0.25) is 4.90 Å². The van der Waals surface area contributed by atoms with Gasteiger partial charge < -0.3 is 15.0 Å². The van der Waals surface area contributed by atoms with Gasteiger partial charge in [0.1, 0.15) is 5.82 Å². The van der Waals surface area contributed by atoms with Crippen molar-refractivity contribution in [3.05, 3.63) is 24.0 Å². The second kappa shape index (κ2) is 6.53. The van der Waals surface area contributed by atoms with Crippen LogP contribution in [0.15, 0.2) is 23.4 Å². The Bertz CT molecular complexity index is 670. The third kappa shape index (κ3) is 3.50. The Morgan fingerprint density at radius 2 is 2.14 bits per heavy atom. The summed E-state index contributed by atoms with van der Waals surface area (Å²) in [5.41, 5.74) is 1.47. The van der Waals surface area contributed by atoms with E-state index in [9.17, 15) is 9.18 Å². The maximum Gasteiger partial charge on any atom is 0.407 e. The van der Waals surface area contributed by atoms with Crippen molar-refractivity contribution in [1.82, 2.24) is 19.8 Å². The van der Waals surface area contributed by atoms with Gasteiger partial charge in [0.05, 0.1) is 11.0 Å². The molecule has 0 radical (unpaired) electrons. The summed E-state index contributed by atoms with van der Waals surface area (Å²) in [6.45, 7) is 3.52. The smallest absolute Gasteiger partial charge is 0.407 e. The number of hydrogen-bond donors (Lipinski definition) is 2. The summed E-state index contributed by atoms with van der Waals surface area (Å²) >= 11 is 1.59. The maximum absolute atomic E-state index is 13.1. The summed E-state index contributed by atoms with van der Waals surface area (Å²) in [4.78, 5) is 22.0. The van der Waals surface area contributed by atoms with Crippen molar-refractivity contribution >= 4 is 28.9 Å². The zero-order chi connectivity index (χ0) is 15.5. The lowest BCUT2D eigenvalue weighted by Crippen LogP contribution is -2.48. The standard InChI is InChI=1S/C14H17FN4O2S/c15-10-1-2-11-12(9-10)17-13(16-11)22-8-7-18-3-5-19(6-4-18)14(20)21/h1-2,9H,3-8H2,(H,16,17)(H,20,21). The molecule has 1 fully saturated rings. The first kappa shape index (κ1) is 15.1. The lowest BCUT2D eigenvalue weighted by molar-refractivity contribution is 0.108. The van der Waals surface area contributed by atoms with E-state index in [4.69, 9.17) is 5.11 Å². The summed E-state index contributed by atoms with van der Waals surface area (Å²) in [6, 6.07) is 4.51. The molecule has 0 aliphatic carbocycles. The molecular weight excluding hydrogens is 307 g/mol. The Morgan fingerprint density at radius 1 is 1.36 bits per heavy atom. The van der Waals surface area contributed by atoms with Gasteiger partial charge in [0, 0.05) is 38.5 Å². The molecule has 0 saturated carbocycles. The molecule has 118 valence electrons. The zero-order valence-electron chi connectivity index (χ0n) is 12.0. The molecule has 1 aliphatic heterocycles. The molecule has 1 aromatic heterocycles. The molecule has 22 heavy (non-hydrogen) atoms. The lowest BCUT2D eigenvalue weighted by atomic mass is 10.3. The van der Waals surface area contributed by atoms with Crippen LogP contribution in [0.2, 0.25) is 0 Å². The quantitative estimate of drug-likeness (QED) is 0.843.